The number of esters is 1. The highest BCUT2D eigenvalue weighted by Crippen LogP contribution is 2.29. The van der Waals surface area contributed by atoms with E-state index in [1.165, 1.54) is 6.26 Å². The van der Waals surface area contributed by atoms with E-state index in [9.17, 15) is 9.59 Å². The van der Waals surface area contributed by atoms with Gasteiger partial charge in [-0.2, -0.15) is 0 Å². The van der Waals surface area contributed by atoms with Gasteiger partial charge < -0.3 is 18.6 Å². The molecule has 0 saturated carbocycles. The van der Waals surface area contributed by atoms with Crippen molar-refractivity contribution in [1.29, 1.82) is 0 Å². The molecular formula is C26H21N3O5. The molecule has 8 heteroatoms. The monoisotopic (exact) mass is 455 g/mol. The highest BCUT2D eigenvalue weighted by atomic mass is 16.5. The Kier molecular flexibility index (Phi) is 5.55. The van der Waals surface area contributed by atoms with Gasteiger partial charge in [0.1, 0.15) is 5.69 Å². The summed E-state index contributed by atoms with van der Waals surface area (Å²) >= 11 is 0. The molecule has 0 spiro atoms. The Morgan fingerprint density at radius 3 is 2.68 bits per heavy atom. The molecule has 0 aliphatic rings. The number of carbonyl (C=O) groups excluding carboxylic acids is 2. The second-order valence-electron chi connectivity index (χ2n) is 7.69. The zero-order valence-corrected chi connectivity index (χ0v) is 18.6. The lowest BCUT2D eigenvalue weighted by atomic mass is 10.1. The zero-order valence-electron chi connectivity index (χ0n) is 18.6. The third-order valence-corrected chi connectivity index (χ3v) is 5.61. The van der Waals surface area contributed by atoms with Crippen LogP contribution in [0, 0.1) is 6.92 Å². The normalized spacial score (nSPS) is 11.1. The van der Waals surface area contributed by atoms with E-state index < -0.39 is 12.6 Å². The molecule has 3 aromatic heterocycles. The number of ether oxygens (including phenoxy) is 1. The summed E-state index contributed by atoms with van der Waals surface area (Å²) in [6.07, 6.45) is 1.51. The van der Waals surface area contributed by atoms with Crippen LogP contribution in [-0.2, 0) is 9.53 Å². The third kappa shape index (κ3) is 3.79. The molecule has 2 aromatic carbocycles. The van der Waals surface area contributed by atoms with Crippen molar-refractivity contribution in [3.8, 4) is 11.5 Å². The molecule has 3 heterocycles. The predicted molar refractivity (Wildman–Crippen MR) is 127 cm³/mol. The summed E-state index contributed by atoms with van der Waals surface area (Å²) in [4.78, 5) is 32.1. The number of hydrogen-bond donors (Lipinski definition) is 0. The number of fused-ring (bicyclic) bond motifs is 2. The Morgan fingerprint density at radius 2 is 1.88 bits per heavy atom. The number of aromatic nitrogens is 2. The Balaban J connectivity index is 1.41. The Bertz CT molecular complexity index is 1500. The van der Waals surface area contributed by atoms with Crippen LogP contribution in [0.2, 0.25) is 0 Å². The van der Waals surface area contributed by atoms with Gasteiger partial charge in [0.2, 0.25) is 0 Å². The maximum absolute atomic E-state index is 13.1. The molecule has 5 aromatic rings. The van der Waals surface area contributed by atoms with Crippen LogP contribution >= 0.6 is 0 Å². The molecule has 0 radical (unpaired) electrons. The molecule has 0 aliphatic heterocycles. The summed E-state index contributed by atoms with van der Waals surface area (Å²) in [5, 5.41) is 6.33. The van der Waals surface area contributed by atoms with E-state index in [4.69, 9.17) is 13.7 Å². The van der Waals surface area contributed by atoms with Crippen molar-refractivity contribution in [3.63, 3.8) is 0 Å². The number of anilines is 1. The van der Waals surface area contributed by atoms with Crippen LogP contribution in [0.3, 0.4) is 0 Å². The third-order valence-electron chi connectivity index (χ3n) is 5.61. The van der Waals surface area contributed by atoms with Crippen LogP contribution in [0.25, 0.3) is 33.3 Å². The molecule has 1 amide bonds. The van der Waals surface area contributed by atoms with Crippen molar-refractivity contribution >= 4 is 39.4 Å². The maximum atomic E-state index is 13.1. The van der Waals surface area contributed by atoms with Crippen LogP contribution in [0.4, 0.5) is 5.69 Å². The first-order valence-corrected chi connectivity index (χ1v) is 10.8. The van der Waals surface area contributed by atoms with Gasteiger partial charge in [-0.1, -0.05) is 41.6 Å². The number of likely N-dealkylation sites (N-methyl/N-ethyl adjacent to an activating group) is 1. The maximum Gasteiger partial charge on any atom is 0.339 e. The van der Waals surface area contributed by atoms with Gasteiger partial charge in [-0.3, -0.25) is 4.79 Å². The number of rotatable bonds is 6. The highest BCUT2D eigenvalue weighted by molar-refractivity contribution is 6.07. The Hall–Kier alpha value is -4.46. The second-order valence-corrected chi connectivity index (χ2v) is 7.69. The van der Waals surface area contributed by atoms with Crippen molar-refractivity contribution in [2.24, 2.45) is 0 Å². The standard InChI is InChI=1S/C26H21N3O5/c1-3-29(21-11-6-9-17-8-4-5-10-18(17)21)23(30)15-33-26(31)19-14-20(22-12-7-13-32-22)27-25-24(19)16(2)28-34-25/h4-14H,3,15H2,1-2H3. The zero-order chi connectivity index (χ0) is 23.7. The summed E-state index contributed by atoms with van der Waals surface area (Å²) in [5.74, 6) is -0.533. The number of benzene rings is 2. The van der Waals surface area contributed by atoms with E-state index in [1.807, 2.05) is 49.4 Å². The van der Waals surface area contributed by atoms with Gasteiger partial charge in [-0.05, 0) is 43.5 Å². The van der Waals surface area contributed by atoms with Gasteiger partial charge in [0, 0.05) is 11.9 Å². The van der Waals surface area contributed by atoms with Crippen molar-refractivity contribution in [1.82, 2.24) is 10.1 Å². The van der Waals surface area contributed by atoms with Gasteiger partial charge in [0.05, 0.1) is 28.6 Å². The average Bonchev–Trinajstić information content (AvgIpc) is 3.53. The summed E-state index contributed by atoms with van der Waals surface area (Å²) in [6.45, 7) is 3.60. The fraction of sp³-hybridized carbons (Fsp3) is 0.154. The minimum Gasteiger partial charge on any atom is -0.463 e. The molecular weight excluding hydrogens is 434 g/mol. The number of nitrogens with zero attached hydrogens (tertiary/aromatic N) is 3. The number of furan rings is 1. The minimum absolute atomic E-state index is 0.190. The summed E-state index contributed by atoms with van der Waals surface area (Å²) in [7, 11) is 0. The van der Waals surface area contributed by atoms with E-state index in [-0.39, 0.29) is 17.2 Å². The molecule has 8 nitrogen and oxygen atoms in total. The summed E-state index contributed by atoms with van der Waals surface area (Å²) in [6, 6.07) is 18.6. The predicted octanol–water partition coefficient (Wildman–Crippen LogP) is 5.15. The molecule has 0 aliphatic carbocycles. The fourth-order valence-electron chi connectivity index (χ4n) is 4.01. The smallest absolute Gasteiger partial charge is 0.339 e. The van der Waals surface area contributed by atoms with Gasteiger partial charge in [0.15, 0.2) is 12.4 Å². The molecule has 0 saturated heterocycles. The fourth-order valence-corrected chi connectivity index (χ4v) is 4.01. The van der Waals surface area contributed by atoms with Crippen LogP contribution < -0.4 is 4.90 Å². The minimum atomic E-state index is -0.672. The first-order valence-electron chi connectivity index (χ1n) is 10.8. The van der Waals surface area contributed by atoms with Crippen LogP contribution in [0.5, 0.6) is 0 Å². The van der Waals surface area contributed by atoms with Crippen LogP contribution in [0.15, 0.2) is 75.9 Å². The molecule has 0 bridgehead atoms. The summed E-state index contributed by atoms with van der Waals surface area (Å²) in [5.41, 5.74) is 2.06. The number of pyridine rings is 1. The van der Waals surface area contributed by atoms with E-state index in [1.54, 1.807) is 30.0 Å². The van der Waals surface area contributed by atoms with Crippen molar-refractivity contribution < 1.29 is 23.3 Å². The summed E-state index contributed by atoms with van der Waals surface area (Å²) < 4.78 is 16.1. The first-order chi connectivity index (χ1) is 16.6. The SMILES string of the molecule is CCN(C(=O)COC(=O)c1cc(-c2ccco2)nc2onc(C)c12)c1cccc2ccccc12. The quantitative estimate of drug-likeness (QED) is 0.326. The van der Waals surface area contributed by atoms with Crippen molar-refractivity contribution in [3.05, 3.63) is 78.2 Å². The molecule has 5 rings (SSSR count). The van der Waals surface area contributed by atoms with E-state index in [0.29, 0.717) is 29.1 Å². The lowest BCUT2D eigenvalue weighted by Gasteiger charge is -2.22. The average molecular weight is 455 g/mol. The molecule has 0 atom stereocenters. The molecule has 0 N–H and O–H groups in total. The Labute approximate surface area is 194 Å². The van der Waals surface area contributed by atoms with Gasteiger partial charge in [0.25, 0.3) is 11.6 Å². The van der Waals surface area contributed by atoms with Gasteiger partial charge in [-0.15, -0.1) is 0 Å². The molecule has 0 unspecified atom stereocenters. The topological polar surface area (TPSA) is 98.7 Å². The number of amides is 1. The number of carbonyl (C=O) groups is 2. The van der Waals surface area contributed by atoms with E-state index >= 15 is 0 Å². The highest BCUT2D eigenvalue weighted by Gasteiger charge is 2.23. The number of hydrogen-bond acceptors (Lipinski definition) is 7. The van der Waals surface area contributed by atoms with Gasteiger partial charge in [-0.25, -0.2) is 9.78 Å². The molecule has 34 heavy (non-hydrogen) atoms. The van der Waals surface area contributed by atoms with Crippen molar-refractivity contribution in [2.75, 3.05) is 18.1 Å². The lowest BCUT2D eigenvalue weighted by molar-refractivity contribution is -0.121. The second kappa shape index (κ2) is 8.82. The van der Waals surface area contributed by atoms with Crippen molar-refractivity contribution in [2.45, 2.75) is 13.8 Å². The largest absolute Gasteiger partial charge is 0.463 e. The van der Waals surface area contributed by atoms with E-state index in [2.05, 4.69) is 10.1 Å². The number of aryl methyl sites for hydroxylation is 1. The lowest BCUT2D eigenvalue weighted by Crippen LogP contribution is -2.34. The molecule has 170 valence electrons. The first kappa shape index (κ1) is 21.4. The van der Waals surface area contributed by atoms with Crippen LogP contribution in [-0.4, -0.2) is 35.2 Å². The van der Waals surface area contributed by atoms with Crippen LogP contribution in [0.1, 0.15) is 23.0 Å². The van der Waals surface area contributed by atoms with E-state index in [0.717, 1.165) is 16.5 Å². The Morgan fingerprint density at radius 1 is 1.06 bits per heavy atom. The molecule has 0 fully saturated rings. The van der Waals surface area contributed by atoms with Gasteiger partial charge >= 0.3 is 5.97 Å².